The first kappa shape index (κ1) is 14.9. The minimum absolute atomic E-state index is 0.488. The molecule has 5 heteroatoms. The Labute approximate surface area is 121 Å². The highest BCUT2D eigenvalue weighted by Gasteiger charge is 2.41. The van der Waals surface area contributed by atoms with Crippen molar-refractivity contribution >= 4 is 11.6 Å². The van der Waals surface area contributed by atoms with Crippen molar-refractivity contribution < 1.29 is 4.74 Å². The second kappa shape index (κ2) is 6.77. The molecule has 20 heavy (non-hydrogen) atoms. The molecule has 0 saturated heterocycles. The third-order valence-corrected chi connectivity index (χ3v) is 3.92. The Morgan fingerprint density at radius 3 is 2.40 bits per heavy atom. The van der Waals surface area contributed by atoms with E-state index in [1.807, 2.05) is 0 Å². The summed E-state index contributed by atoms with van der Waals surface area (Å²) in [5, 5.41) is 6.73. The van der Waals surface area contributed by atoms with E-state index in [-0.39, 0.29) is 0 Å². The number of ether oxygens (including phenoxy) is 1. The minimum Gasteiger partial charge on any atom is -0.490 e. The molecule has 0 aliphatic heterocycles. The molecule has 0 spiro atoms. The Bertz CT molecular complexity index is 432. The SMILES string of the molecule is CCCNc1ncnc(NCC2(CCC)CC2)c1OC. The van der Waals surface area contributed by atoms with E-state index in [1.54, 1.807) is 13.4 Å². The number of nitrogens with one attached hydrogen (secondary N) is 2. The van der Waals surface area contributed by atoms with Crippen molar-refractivity contribution in [3.63, 3.8) is 0 Å². The Morgan fingerprint density at radius 2 is 1.85 bits per heavy atom. The number of nitrogens with zero attached hydrogens (tertiary/aromatic N) is 2. The summed E-state index contributed by atoms with van der Waals surface area (Å²) in [5.74, 6) is 2.28. The highest BCUT2D eigenvalue weighted by molar-refractivity contribution is 5.63. The van der Waals surface area contributed by atoms with Crippen molar-refractivity contribution in [1.29, 1.82) is 0 Å². The lowest BCUT2D eigenvalue weighted by Crippen LogP contribution is -2.17. The molecule has 112 valence electrons. The topological polar surface area (TPSA) is 59.1 Å². The monoisotopic (exact) mass is 278 g/mol. The van der Waals surface area contributed by atoms with Crippen LogP contribution in [0.3, 0.4) is 0 Å². The third kappa shape index (κ3) is 3.52. The lowest BCUT2D eigenvalue weighted by atomic mass is 10.0. The van der Waals surface area contributed by atoms with Crippen LogP contribution in [0.5, 0.6) is 5.75 Å². The summed E-state index contributed by atoms with van der Waals surface area (Å²) < 4.78 is 5.47. The van der Waals surface area contributed by atoms with Crippen LogP contribution in [0.4, 0.5) is 11.6 Å². The van der Waals surface area contributed by atoms with Crippen LogP contribution in [0.1, 0.15) is 46.0 Å². The molecule has 0 bridgehead atoms. The van der Waals surface area contributed by atoms with Gasteiger partial charge in [0, 0.05) is 13.1 Å². The van der Waals surface area contributed by atoms with Crippen LogP contribution in [0.2, 0.25) is 0 Å². The number of anilines is 2. The summed E-state index contributed by atoms with van der Waals surface area (Å²) in [7, 11) is 1.67. The molecule has 1 heterocycles. The fourth-order valence-corrected chi connectivity index (χ4v) is 2.56. The molecular formula is C15H26N4O. The Balaban J connectivity index is 2.03. The van der Waals surface area contributed by atoms with E-state index in [0.29, 0.717) is 11.2 Å². The van der Waals surface area contributed by atoms with Crippen molar-refractivity contribution in [2.45, 2.75) is 46.0 Å². The molecule has 1 aromatic rings. The van der Waals surface area contributed by atoms with Gasteiger partial charge in [0.1, 0.15) is 6.33 Å². The molecule has 0 aromatic carbocycles. The molecule has 0 amide bonds. The smallest absolute Gasteiger partial charge is 0.204 e. The largest absolute Gasteiger partial charge is 0.490 e. The normalized spacial score (nSPS) is 15.8. The van der Waals surface area contributed by atoms with E-state index >= 15 is 0 Å². The fraction of sp³-hybridized carbons (Fsp3) is 0.733. The fourth-order valence-electron chi connectivity index (χ4n) is 2.56. The van der Waals surface area contributed by atoms with Crippen LogP contribution in [-0.4, -0.2) is 30.2 Å². The van der Waals surface area contributed by atoms with Crippen LogP contribution >= 0.6 is 0 Å². The highest BCUT2D eigenvalue weighted by atomic mass is 16.5. The summed E-state index contributed by atoms with van der Waals surface area (Å²) in [5.41, 5.74) is 0.488. The van der Waals surface area contributed by atoms with Crippen molar-refractivity contribution in [2.75, 3.05) is 30.8 Å². The number of aromatic nitrogens is 2. The van der Waals surface area contributed by atoms with Gasteiger partial charge in [-0.15, -0.1) is 0 Å². The van der Waals surface area contributed by atoms with Crippen molar-refractivity contribution in [1.82, 2.24) is 9.97 Å². The van der Waals surface area contributed by atoms with Crippen LogP contribution in [-0.2, 0) is 0 Å². The Kier molecular flexibility index (Phi) is 5.04. The maximum atomic E-state index is 5.47. The van der Waals surface area contributed by atoms with E-state index in [9.17, 15) is 0 Å². The van der Waals surface area contributed by atoms with E-state index in [1.165, 1.54) is 25.7 Å². The molecule has 5 nitrogen and oxygen atoms in total. The maximum absolute atomic E-state index is 5.47. The predicted octanol–water partition coefficient (Wildman–Crippen LogP) is 3.30. The van der Waals surface area contributed by atoms with Crippen LogP contribution in [0, 0.1) is 5.41 Å². The van der Waals surface area contributed by atoms with Gasteiger partial charge >= 0.3 is 0 Å². The molecule has 2 N–H and O–H groups in total. The Hall–Kier alpha value is -1.52. The van der Waals surface area contributed by atoms with E-state index in [2.05, 4.69) is 34.4 Å². The molecule has 1 aliphatic rings. The molecule has 0 radical (unpaired) electrons. The minimum atomic E-state index is 0.488. The molecule has 0 atom stereocenters. The lowest BCUT2D eigenvalue weighted by Gasteiger charge is -2.18. The van der Waals surface area contributed by atoms with Gasteiger partial charge in [-0.05, 0) is 31.1 Å². The van der Waals surface area contributed by atoms with E-state index in [4.69, 9.17) is 4.74 Å². The second-order valence-electron chi connectivity index (χ2n) is 5.63. The second-order valence-corrected chi connectivity index (χ2v) is 5.63. The van der Waals surface area contributed by atoms with Crippen LogP contribution in [0.25, 0.3) is 0 Å². The van der Waals surface area contributed by atoms with Gasteiger partial charge in [0.2, 0.25) is 5.75 Å². The first-order chi connectivity index (χ1) is 9.74. The molecular weight excluding hydrogens is 252 g/mol. The molecule has 1 saturated carbocycles. The molecule has 0 unspecified atom stereocenters. The lowest BCUT2D eigenvalue weighted by molar-refractivity contribution is 0.413. The summed E-state index contributed by atoms with van der Waals surface area (Å²) in [6.07, 6.45) is 7.81. The quantitative estimate of drug-likeness (QED) is 0.726. The number of methoxy groups -OCH3 is 1. The van der Waals surface area contributed by atoms with Gasteiger partial charge in [-0.3, -0.25) is 0 Å². The molecule has 2 rings (SSSR count). The maximum Gasteiger partial charge on any atom is 0.204 e. The standard InChI is InChI=1S/C15H26N4O/c1-4-6-15(7-8-15)10-17-14-12(20-3)13(16-9-5-2)18-11-19-14/h11H,4-10H2,1-3H3,(H2,16,17,18,19). The van der Waals surface area contributed by atoms with Gasteiger partial charge in [0.25, 0.3) is 0 Å². The summed E-state index contributed by atoms with van der Waals surface area (Å²) >= 11 is 0. The zero-order chi connectivity index (χ0) is 14.4. The Morgan fingerprint density at radius 1 is 1.15 bits per heavy atom. The number of hydrogen-bond acceptors (Lipinski definition) is 5. The first-order valence-electron chi connectivity index (χ1n) is 7.61. The van der Waals surface area contributed by atoms with Crippen molar-refractivity contribution in [2.24, 2.45) is 5.41 Å². The average Bonchev–Trinajstić information content (AvgIpc) is 3.23. The van der Waals surface area contributed by atoms with Gasteiger partial charge in [0.05, 0.1) is 7.11 Å². The third-order valence-electron chi connectivity index (χ3n) is 3.92. The van der Waals surface area contributed by atoms with E-state index < -0.39 is 0 Å². The predicted molar refractivity (Wildman–Crippen MR) is 82.4 cm³/mol. The van der Waals surface area contributed by atoms with Gasteiger partial charge in [0.15, 0.2) is 11.6 Å². The van der Waals surface area contributed by atoms with E-state index in [0.717, 1.165) is 31.1 Å². The van der Waals surface area contributed by atoms with Crippen LogP contribution in [0.15, 0.2) is 6.33 Å². The van der Waals surface area contributed by atoms with Crippen molar-refractivity contribution in [3.8, 4) is 5.75 Å². The summed E-state index contributed by atoms with van der Waals surface area (Å²) in [4.78, 5) is 8.58. The summed E-state index contributed by atoms with van der Waals surface area (Å²) in [6.45, 7) is 6.23. The molecule has 1 aliphatic carbocycles. The summed E-state index contributed by atoms with van der Waals surface area (Å²) in [6, 6.07) is 0. The first-order valence-corrected chi connectivity index (χ1v) is 7.61. The average molecular weight is 278 g/mol. The number of rotatable bonds is 9. The number of hydrogen-bond donors (Lipinski definition) is 2. The van der Waals surface area contributed by atoms with Gasteiger partial charge < -0.3 is 15.4 Å². The molecule has 1 aromatic heterocycles. The van der Waals surface area contributed by atoms with Crippen LogP contribution < -0.4 is 15.4 Å². The van der Waals surface area contributed by atoms with Gasteiger partial charge in [-0.2, -0.15) is 0 Å². The zero-order valence-corrected chi connectivity index (χ0v) is 12.8. The highest BCUT2D eigenvalue weighted by Crippen LogP contribution is 2.49. The zero-order valence-electron chi connectivity index (χ0n) is 12.8. The van der Waals surface area contributed by atoms with Gasteiger partial charge in [-0.25, -0.2) is 9.97 Å². The van der Waals surface area contributed by atoms with Gasteiger partial charge in [-0.1, -0.05) is 20.3 Å². The molecule has 1 fully saturated rings. The van der Waals surface area contributed by atoms with Crippen molar-refractivity contribution in [3.05, 3.63) is 6.33 Å².